The first-order valence-electron chi connectivity index (χ1n) is 5.22. The lowest BCUT2D eigenvalue weighted by molar-refractivity contribution is 0.0572. The summed E-state index contributed by atoms with van der Waals surface area (Å²) >= 11 is 0. The van der Waals surface area contributed by atoms with E-state index in [0.717, 1.165) is 6.54 Å². The molecular formula is C10H21NO2. The van der Waals surface area contributed by atoms with Crippen LogP contribution in [0.4, 0.5) is 0 Å². The van der Waals surface area contributed by atoms with Gasteiger partial charge in [0, 0.05) is 19.6 Å². The molecule has 0 aromatic carbocycles. The number of rotatable bonds is 4. The van der Waals surface area contributed by atoms with Crippen molar-refractivity contribution in [3.05, 3.63) is 0 Å². The molecule has 0 spiro atoms. The highest BCUT2D eigenvalue weighted by atomic mass is 16.3. The van der Waals surface area contributed by atoms with Crippen LogP contribution in [0.1, 0.15) is 26.7 Å². The zero-order chi connectivity index (χ0) is 9.84. The van der Waals surface area contributed by atoms with Crippen molar-refractivity contribution in [3.63, 3.8) is 0 Å². The van der Waals surface area contributed by atoms with Crippen molar-refractivity contribution in [2.45, 2.75) is 38.9 Å². The first kappa shape index (κ1) is 11.0. The molecule has 1 saturated heterocycles. The minimum absolute atomic E-state index is 0.533. The van der Waals surface area contributed by atoms with Crippen molar-refractivity contribution >= 4 is 0 Å². The lowest BCUT2D eigenvalue weighted by Gasteiger charge is -2.19. The van der Waals surface area contributed by atoms with E-state index in [1.807, 2.05) is 0 Å². The zero-order valence-electron chi connectivity index (χ0n) is 8.61. The molecule has 1 rings (SSSR count). The Labute approximate surface area is 80.4 Å². The van der Waals surface area contributed by atoms with Gasteiger partial charge in [0.15, 0.2) is 0 Å². The SMILES string of the molecule is CCCC(C)CN1CC(O)C(O)C1. The number of hydrogen-bond acceptors (Lipinski definition) is 3. The van der Waals surface area contributed by atoms with Crippen LogP contribution in [0.5, 0.6) is 0 Å². The van der Waals surface area contributed by atoms with E-state index in [9.17, 15) is 10.2 Å². The molecule has 0 saturated carbocycles. The lowest BCUT2D eigenvalue weighted by Crippen LogP contribution is -2.27. The quantitative estimate of drug-likeness (QED) is 0.672. The lowest BCUT2D eigenvalue weighted by atomic mass is 10.1. The van der Waals surface area contributed by atoms with Crippen molar-refractivity contribution in [1.29, 1.82) is 0 Å². The molecule has 78 valence electrons. The summed E-state index contributed by atoms with van der Waals surface area (Å²) in [5.74, 6) is 0.669. The number of aliphatic hydroxyl groups is 2. The van der Waals surface area contributed by atoms with Gasteiger partial charge in [0.2, 0.25) is 0 Å². The topological polar surface area (TPSA) is 43.7 Å². The molecule has 1 aliphatic heterocycles. The third kappa shape index (κ3) is 3.25. The molecule has 1 fully saturated rings. The van der Waals surface area contributed by atoms with Gasteiger partial charge in [-0.15, -0.1) is 0 Å². The molecule has 3 atom stereocenters. The van der Waals surface area contributed by atoms with Gasteiger partial charge in [0.05, 0.1) is 12.2 Å². The Morgan fingerprint density at radius 3 is 2.31 bits per heavy atom. The van der Waals surface area contributed by atoms with Crippen LogP contribution in [0, 0.1) is 5.92 Å². The van der Waals surface area contributed by atoms with E-state index < -0.39 is 12.2 Å². The smallest absolute Gasteiger partial charge is 0.0938 e. The molecule has 0 aromatic rings. The molecule has 0 amide bonds. The van der Waals surface area contributed by atoms with E-state index in [1.54, 1.807) is 0 Å². The Kier molecular flexibility index (Phi) is 4.16. The summed E-state index contributed by atoms with van der Waals surface area (Å²) in [4.78, 5) is 2.15. The summed E-state index contributed by atoms with van der Waals surface area (Å²) in [6.07, 6.45) is 1.37. The van der Waals surface area contributed by atoms with Gasteiger partial charge < -0.3 is 10.2 Å². The number of β-amino-alcohol motifs (C(OH)–C–C–N with tert-alkyl or cyclic N) is 2. The Bertz CT molecular complexity index is 142. The third-order valence-electron chi connectivity index (χ3n) is 2.69. The maximum atomic E-state index is 9.32. The number of aliphatic hydroxyl groups excluding tert-OH is 2. The Balaban J connectivity index is 2.23. The molecule has 0 aliphatic carbocycles. The number of nitrogens with zero attached hydrogens (tertiary/aromatic N) is 1. The van der Waals surface area contributed by atoms with Crippen LogP contribution >= 0.6 is 0 Å². The fraction of sp³-hybridized carbons (Fsp3) is 1.00. The van der Waals surface area contributed by atoms with Gasteiger partial charge in [-0.1, -0.05) is 20.3 Å². The molecular weight excluding hydrogens is 166 g/mol. The second kappa shape index (κ2) is 4.94. The van der Waals surface area contributed by atoms with Gasteiger partial charge >= 0.3 is 0 Å². The molecule has 2 N–H and O–H groups in total. The fourth-order valence-electron chi connectivity index (χ4n) is 2.02. The molecule has 0 bridgehead atoms. The summed E-state index contributed by atoms with van der Waals surface area (Å²) < 4.78 is 0. The highest BCUT2D eigenvalue weighted by Gasteiger charge is 2.29. The van der Waals surface area contributed by atoms with Crippen molar-refractivity contribution < 1.29 is 10.2 Å². The van der Waals surface area contributed by atoms with Gasteiger partial charge in [-0.2, -0.15) is 0 Å². The third-order valence-corrected chi connectivity index (χ3v) is 2.69. The predicted molar refractivity (Wildman–Crippen MR) is 52.5 cm³/mol. The van der Waals surface area contributed by atoms with Crippen LogP contribution in [0.15, 0.2) is 0 Å². The first-order chi connectivity index (χ1) is 6.13. The molecule has 1 aliphatic rings. The van der Waals surface area contributed by atoms with Crippen LogP contribution in [0.25, 0.3) is 0 Å². The average molecular weight is 187 g/mol. The Hall–Kier alpha value is -0.120. The van der Waals surface area contributed by atoms with Gasteiger partial charge in [0.1, 0.15) is 0 Å². The minimum Gasteiger partial charge on any atom is -0.389 e. The first-order valence-corrected chi connectivity index (χ1v) is 5.22. The maximum absolute atomic E-state index is 9.32. The monoisotopic (exact) mass is 187 g/mol. The van der Waals surface area contributed by atoms with Crippen molar-refractivity contribution in [3.8, 4) is 0 Å². The van der Waals surface area contributed by atoms with E-state index in [0.29, 0.717) is 19.0 Å². The summed E-state index contributed by atoms with van der Waals surface area (Å²) in [7, 11) is 0. The number of likely N-dealkylation sites (tertiary alicyclic amines) is 1. The van der Waals surface area contributed by atoms with Gasteiger partial charge in [-0.25, -0.2) is 0 Å². The second-order valence-corrected chi connectivity index (χ2v) is 4.25. The van der Waals surface area contributed by atoms with Crippen LogP contribution in [0.3, 0.4) is 0 Å². The van der Waals surface area contributed by atoms with Crippen molar-refractivity contribution in [2.24, 2.45) is 5.92 Å². The minimum atomic E-state index is -0.533. The summed E-state index contributed by atoms with van der Waals surface area (Å²) in [6.45, 7) is 6.68. The maximum Gasteiger partial charge on any atom is 0.0938 e. The van der Waals surface area contributed by atoms with E-state index in [2.05, 4.69) is 18.7 Å². The highest BCUT2D eigenvalue weighted by Crippen LogP contribution is 2.14. The fourth-order valence-corrected chi connectivity index (χ4v) is 2.02. The molecule has 3 unspecified atom stereocenters. The highest BCUT2D eigenvalue weighted by molar-refractivity contribution is 4.83. The van der Waals surface area contributed by atoms with Crippen LogP contribution in [0.2, 0.25) is 0 Å². The van der Waals surface area contributed by atoms with Crippen molar-refractivity contribution in [2.75, 3.05) is 19.6 Å². The second-order valence-electron chi connectivity index (χ2n) is 4.25. The van der Waals surface area contributed by atoms with Gasteiger partial charge in [0.25, 0.3) is 0 Å². The van der Waals surface area contributed by atoms with Crippen LogP contribution in [-0.4, -0.2) is 47.0 Å². The van der Waals surface area contributed by atoms with E-state index >= 15 is 0 Å². The zero-order valence-corrected chi connectivity index (χ0v) is 8.61. The largest absolute Gasteiger partial charge is 0.389 e. The average Bonchev–Trinajstić information content (AvgIpc) is 2.31. The van der Waals surface area contributed by atoms with E-state index in [-0.39, 0.29) is 0 Å². The normalized spacial score (nSPS) is 32.3. The summed E-state index contributed by atoms with van der Waals surface area (Å²) in [5, 5.41) is 18.6. The molecule has 13 heavy (non-hydrogen) atoms. The molecule has 0 aromatic heterocycles. The van der Waals surface area contributed by atoms with Crippen molar-refractivity contribution in [1.82, 2.24) is 4.90 Å². The summed E-state index contributed by atoms with van der Waals surface area (Å²) in [6, 6.07) is 0. The molecule has 3 nitrogen and oxygen atoms in total. The predicted octanol–water partition coefficient (Wildman–Crippen LogP) is 0.460. The molecule has 0 radical (unpaired) electrons. The van der Waals surface area contributed by atoms with Crippen LogP contribution < -0.4 is 0 Å². The van der Waals surface area contributed by atoms with Crippen LogP contribution in [-0.2, 0) is 0 Å². The Morgan fingerprint density at radius 1 is 1.31 bits per heavy atom. The van der Waals surface area contributed by atoms with E-state index in [1.165, 1.54) is 12.8 Å². The summed E-state index contributed by atoms with van der Waals surface area (Å²) in [5.41, 5.74) is 0. The van der Waals surface area contributed by atoms with E-state index in [4.69, 9.17) is 0 Å². The van der Waals surface area contributed by atoms with Gasteiger partial charge in [-0.3, -0.25) is 4.90 Å². The van der Waals surface area contributed by atoms with Gasteiger partial charge in [-0.05, 0) is 12.3 Å². The molecule has 1 heterocycles. The molecule has 3 heteroatoms. The standard InChI is InChI=1S/C10H21NO2/c1-3-4-8(2)5-11-6-9(12)10(13)7-11/h8-10,12-13H,3-7H2,1-2H3. The Morgan fingerprint density at radius 2 is 1.85 bits per heavy atom. The number of hydrogen-bond donors (Lipinski definition) is 2.